The van der Waals surface area contributed by atoms with Crippen molar-refractivity contribution in [1.82, 2.24) is 53.3 Å². The number of nitrogens with zero attached hydrogens (tertiary/aromatic N) is 11. The highest BCUT2D eigenvalue weighted by Crippen LogP contribution is 2.53. The van der Waals surface area contributed by atoms with Crippen molar-refractivity contribution in [2.24, 2.45) is 14.1 Å². The highest BCUT2D eigenvalue weighted by molar-refractivity contribution is 6.30. The van der Waals surface area contributed by atoms with Gasteiger partial charge in [0.15, 0.2) is 29.1 Å². The lowest BCUT2D eigenvalue weighted by atomic mass is 9.81. The highest BCUT2D eigenvalue weighted by Gasteiger charge is 2.51. The minimum atomic E-state index is -0.565. The maximum Gasteiger partial charge on any atom is 0.291 e. The first kappa shape index (κ1) is 86.3. The van der Waals surface area contributed by atoms with Crippen molar-refractivity contribution in [3.8, 4) is 79.9 Å². The zero-order chi connectivity index (χ0) is 89.0. The number of fused-ring (bicyclic) bond motifs is 16. The van der Waals surface area contributed by atoms with E-state index >= 15 is 0 Å². The standard InChI is InChI=1S/C28H31ClN2O5.C27H31N3O3.C25H25FN2O3.C20H20N4O3/c1-27(2,34-4)18-35-22-10-7-19(16-24(22)33-3)26(32)30-14-11-28(12-15-30)25-6-5-13-31(25)21-9-8-20(29)17-23(21)36-28;1-17(2)32-24-15-18(3)21(14-19(24)4)26(31)30-12-10-27(11-13-30)22-16-28-29(5)25(22)20-8-6-7-9-23(20)33-27;1-3-17-6-7-18(15-21(17)30-2)24(29)27-13-10-25(11-14-27)23-5-4-12-28(23)20-9-8-19(26)16-22(20)31-25;1-13-18(26-12-21-13)19(25)24-9-7-20(8-10-24)15-11-22-23(2)17(15)14-5-3-4-6-16(14)27-20/h5-10,13,16-17H,11-12,14-15,18H2,1-4H3;6-9,14-17H,10-13H2,1-5H3;4-9,12,15-16H,3,10-11,13-14H2,1-2H3;3-6,11-12H,7-10H2,1-2H3. The van der Waals surface area contributed by atoms with Crippen LogP contribution < -0.4 is 37.9 Å². The summed E-state index contributed by atoms with van der Waals surface area (Å²) in [5, 5.41) is 9.67. The quantitative estimate of drug-likeness (QED) is 0.104. The molecule has 0 saturated carbocycles. The fraction of sp³-hybridized carbons (Fsp3) is 0.370. The van der Waals surface area contributed by atoms with Crippen LogP contribution in [0.15, 0.2) is 193 Å². The molecule has 4 amide bonds. The minimum Gasteiger partial charge on any atom is -0.496 e. The fourth-order valence-corrected chi connectivity index (χ4v) is 19.1. The molecule has 0 bridgehead atoms. The summed E-state index contributed by atoms with van der Waals surface area (Å²) in [4.78, 5) is 64.3. The highest BCUT2D eigenvalue weighted by atomic mass is 35.5. The van der Waals surface area contributed by atoms with E-state index in [1.54, 1.807) is 52.5 Å². The third-order valence-corrected chi connectivity index (χ3v) is 26.3. The van der Waals surface area contributed by atoms with Crippen LogP contribution in [0, 0.1) is 26.6 Å². The molecular formula is C100H107ClFN11O14. The summed E-state index contributed by atoms with van der Waals surface area (Å²) in [6.07, 6.45) is 15.7. The van der Waals surface area contributed by atoms with Crippen LogP contribution in [-0.4, -0.2) is 169 Å². The number of oxazole rings is 1. The number of likely N-dealkylation sites (tertiary alicyclic amines) is 4. The van der Waals surface area contributed by atoms with E-state index in [1.165, 1.54) is 18.5 Å². The molecule has 20 rings (SSSR count). The number of methoxy groups -OCH3 is 3. The second-order valence-electron chi connectivity index (χ2n) is 34.7. The number of carbonyl (C=O) groups excluding carboxylic acids is 4. The van der Waals surface area contributed by atoms with Crippen LogP contribution in [0.3, 0.4) is 0 Å². The monoisotopic (exact) mass is 1740 g/mol. The van der Waals surface area contributed by atoms with E-state index in [1.807, 2.05) is 206 Å². The number of aromatic nitrogens is 7. The van der Waals surface area contributed by atoms with Crippen molar-refractivity contribution >= 4 is 35.2 Å². The van der Waals surface area contributed by atoms with E-state index in [-0.39, 0.29) is 35.5 Å². The van der Waals surface area contributed by atoms with Gasteiger partial charge in [-0.15, -0.1) is 0 Å². The Kier molecular flexibility index (Phi) is 23.7. The van der Waals surface area contributed by atoms with E-state index < -0.39 is 28.0 Å². The van der Waals surface area contributed by atoms with Gasteiger partial charge in [0.1, 0.15) is 58.1 Å². The Bertz CT molecular complexity index is 6140. The molecule has 8 aliphatic heterocycles. The van der Waals surface area contributed by atoms with Gasteiger partial charge in [0.05, 0.1) is 78.2 Å². The molecule has 4 saturated heterocycles. The molecule has 4 spiro atoms. The molecule has 660 valence electrons. The van der Waals surface area contributed by atoms with Crippen LogP contribution in [0.4, 0.5) is 4.39 Å². The normalized spacial score (nSPS) is 16.5. The molecule has 27 heteroatoms. The first-order chi connectivity index (χ1) is 61.2. The summed E-state index contributed by atoms with van der Waals surface area (Å²) < 4.78 is 81.5. The Morgan fingerprint density at radius 2 is 0.992 bits per heavy atom. The lowest BCUT2D eigenvalue weighted by Crippen LogP contribution is -2.50. The molecule has 0 N–H and O–H groups in total. The Morgan fingerprint density at radius 3 is 1.50 bits per heavy atom. The van der Waals surface area contributed by atoms with Gasteiger partial charge in [-0.05, 0) is 187 Å². The summed E-state index contributed by atoms with van der Waals surface area (Å²) >= 11 is 6.26. The molecule has 127 heavy (non-hydrogen) atoms. The van der Waals surface area contributed by atoms with Crippen LogP contribution >= 0.6 is 11.6 Å². The van der Waals surface area contributed by atoms with Crippen LogP contribution in [0.2, 0.25) is 5.02 Å². The van der Waals surface area contributed by atoms with Crippen LogP contribution in [-0.2, 0) is 47.7 Å². The molecule has 5 aromatic heterocycles. The Morgan fingerprint density at radius 1 is 0.512 bits per heavy atom. The molecule has 25 nitrogen and oxygen atoms in total. The van der Waals surface area contributed by atoms with Crippen LogP contribution in [0.5, 0.6) is 46.0 Å². The van der Waals surface area contributed by atoms with Crippen molar-refractivity contribution in [3.05, 3.63) is 267 Å². The number of halogens is 2. The van der Waals surface area contributed by atoms with E-state index in [0.29, 0.717) is 142 Å². The molecule has 0 aliphatic carbocycles. The maximum atomic E-state index is 13.9. The molecule has 0 atom stereocenters. The molecule has 13 heterocycles. The molecular weight excluding hydrogens is 1630 g/mol. The van der Waals surface area contributed by atoms with Gasteiger partial charge in [-0.1, -0.05) is 48.9 Å². The number of aryl methyl sites for hydroxylation is 6. The van der Waals surface area contributed by atoms with Gasteiger partial charge >= 0.3 is 0 Å². The number of piperidine rings is 4. The molecule has 4 fully saturated rings. The topological polar surface area (TPSA) is 236 Å². The van der Waals surface area contributed by atoms with Gasteiger partial charge in [-0.25, -0.2) is 9.37 Å². The molecule has 8 aliphatic rings. The van der Waals surface area contributed by atoms with E-state index in [0.717, 1.165) is 127 Å². The summed E-state index contributed by atoms with van der Waals surface area (Å²) in [5.41, 5.74) is 13.7. The average Bonchev–Trinajstić information content (AvgIpc) is 1.67. The third kappa shape index (κ3) is 16.4. The van der Waals surface area contributed by atoms with E-state index in [9.17, 15) is 23.6 Å². The smallest absolute Gasteiger partial charge is 0.291 e. The third-order valence-electron chi connectivity index (χ3n) is 26.1. The first-order valence-corrected chi connectivity index (χ1v) is 43.9. The number of amides is 4. The van der Waals surface area contributed by atoms with Crippen molar-refractivity contribution in [3.63, 3.8) is 0 Å². The molecule has 0 unspecified atom stereocenters. The summed E-state index contributed by atoms with van der Waals surface area (Å²) in [6.45, 7) is 20.8. The van der Waals surface area contributed by atoms with Gasteiger partial charge < -0.3 is 75.8 Å². The van der Waals surface area contributed by atoms with Crippen molar-refractivity contribution < 1.29 is 70.6 Å². The average molecular weight is 1740 g/mol. The number of ether oxygens (including phenoxy) is 9. The first-order valence-electron chi connectivity index (χ1n) is 43.5. The SMILES string of the molecule is CCc1ccc(C(=O)N2CCC3(CC2)Oc2cc(F)ccc2-n2cccc23)cc1OC.COc1cc(C(=O)N2CCC3(CC2)Oc2cc(Cl)ccc2-n2cccc23)ccc1OCC(C)(C)OC.Cc1cc(C(=O)N2CCC3(CC2)Oc2ccccc2-c2c3cnn2C)c(C)cc1OC(C)C.Cc1ncoc1C(=O)N1CCC2(CC1)Oc1ccccc1-c1c2cnn1C. The Labute approximate surface area is 743 Å². The van der Waals surface area contributed by atoms with Gasteiger partial charge in [0.2, 0.25) is 5.76 Å². The van der Waals surface area contributed by atoms with Gasteiger partial charge in [0, 0.05) is 193 Å². The summed E-state index contributed by atoms with van der Waals surface area (Å²) in [6, 6.07) is 49.6. The maximum absolute atomic E-state index is 13.9. The van der Waals surface area contributed by atoms with Crippen molar-refractivity contribution in [2.45, 2.75) is 147 Å². The number of carbonyl (C=O) groups is 4. The predicted molar refractivity (Wildman–Crippen MR) is 478 cm³/mol. The van der Waals surface area contributed by atoms with Gasteiger partial charge in [-0.3, -0.25) is 28.5 Å². The summed E-state index contributed by atoms with van der Waals surface area (Å²) in [7, 11) is 8.78. The summed E-state index contributed by atoms with van der Waals surface area (Å²) in [5.74, 6) is 5.68. The molecule has 12 aromatic rings. The van der Waals surface area contributed by atoms with Gasteiger partial charge in [-0.2, -0.15) is 10.2 Å². The Balaban J connectivity index is 0.000000120. The molecule has 7 aromatic carbocycles. The van der Waals surface area contributed by atoms with Crippen LogP contribution in [0.25, 0.3) is 33.9 Å². The second kappa shape index (κ2) is 34.8. The minimum absolute atomic E-state index is 0.00607. The molecule has 0 radical (unpaired) electrons. The van der Waals surface area contributed by atoms with Crippen molar-refractivity contribution in [1.29, 1.82) is 0 Å². The zero-order valence-electron chi connectivity index (χ0n) is 74.1. The van der Waals surface area contributed by atoms with E-state index in [4.69, 9.17) is 58.6 Å². The lowest BCUT2D eigenvalue weighted by Gasteiger charge is -2.45. The number of para-hydroxylation sites is 2. The number of hydrogen-bond donors (Lipinski definition) is 0. The largest absolute Gasteiger partial charge is 0.496 e. The second-order valence-corrected chi connectivity index (χ2v) is 35.2. The van der Waals surface area contributed by atoms with Gasteiger partial charge in [0.25, 0.3) is 23.6 Å². The lowest BCUT2D eigenvalue weighted by molar-refractivity contribution is -0.0152. The van der Waals surface area contributed by atoms with Crippen molar-refractivity contribution in [2.75, 3.05) is 80.3 Å². The number of benzene rings is 7. The number of hydrogen-bond acceptors (Lipinski definition) is 17. The zero-order valence-corrected chi connectivity index (χ0v) is 74.8. The fourth-order valence-electron chi connectivity index (χ4n) is 18.9. The predicted octanol–water partition coefficient (Wildman–Crippen LogP) is 18.1. The van der Waals surface area contributed by atoms with E-state index in [2.05, 4.69) is 55.5 Å². The Hall–Kier alpha value is -12.8. The van der Waals surface area contributed by atoms with Crippen LogP contribution in [0.1, 0.15) is 173 Å². The number of rotatable bonds is 13.